The van der Waals surface area contributed by atoms with Crippen molar-refractivity contribution in [3.05, 3.63) is 71.8 Å². The van der Waals surface area contributed by atoms with Crippen LogP contribution in [0.1, 0.15) is 46.1 Å². The van der Waals surface area contributed by atoms with Gasteiger partial charge in [-0.25, -0.2) is 0 Å². The molecule has 0 fully saturated rings. The molecular formula is C20H30. The first-order valence-electron chi connectivity index (χ1n) is 7.19. The van der Waals surface area contributed by atoms with E-state index in [1.807, 2.05) is 18.2 Å². The fourth-order valence-corrected chi connectivity index (χ4v) is 1.87. The van der Waals surface area contributed by atoms with E-state index in [4.69, 9.17) is 0 Å². The molecule has 0 saturated carbocycles. The van der Waals surface area contributed by atoms with Crippen LogP contribution in [0.2, 0.25) is 0 Å². The van der Waals surface area contributed by atoms with Gasteiger partial charge in [0.05, 0.1) is 0 Å². The molecule has 0 aliphatic heterocycles. The summed E-state index contributed by atoms with van der Waals surface area (Å²) >= 11 is 0. The number of rotatable bonds is 0. The van der Waals surface area contributed by atoms with Gasteiger partial charge in [0.25, 0.3) is 0 Å². The zero-order valence-corrected chi connectivity index (χ0v) is 12.5. The van der Waals surface area contributed by atoms with Crippen molar-refractivity contribution in [3.63, 3.8) is 0 Å². The van der Waals surface area contributed by atoms with E-state index >= 15 is 0 Å². The average molecular weight is 270 g/mol. The van der Waals surface area contributed by atoms with Crippen LogP contribution in [0.5, 0.6) is 0 Å². The summed E-state index contributed by atoms with van der Waals surface area (Å²) in [6.45, 7) is 6.48. The second-order valence-corrected chi connectivity index (χ2v) is 5.28. The van der Waals surface area contributed by atoms with Gasteiger partial charge in [0.2, 0.25) is 0 Å². The summed E-state index contributed by atoms with van der Waals surface area (Å²) in [5.41, 5.74) is 2.79. The molecule has 0 heterocycles. The van der Waals surface area contributed by atoms with Gasteiger partial charge in [-0.1, -0.05) is 86.2 Å². The molecule has 2 aliphatic carbocycles. The number of aryl methyl sites for hydroxylation is 1. The van der Waals surface area contributed by atoms with Crippen LogP contribution in [-0.4, -0.2) is 0 Å². The lowest BCUT2D eigenvalue weighted by Gasteiger charge is -1.89. The fraction of sp³-hybridized carbons (Fsp3) is 0.400. The molecule has 0 N–H and O–H groups in total. The van der Waals surface area contributed by atoms with Crippen LogP contribution in [0.4, 0.5) is 0 Å². The SMILES string of the molecule is C.CC1=CC=CC1.CC1C=CCC1.Cc1ccccc1. The monoisotopic (exact) mass is 270 g/mol. The highest BCUT2D eigenvalue weighted by Crippen LogP contribution is 2.14. The standard InChI is InChI=1S/C7H8.C6H10.C6H8.CH4/c1-7-5-3-2-4-6-7;2*1-6-4-2-3-5-6;/h2-6H,1H3;2,4,6H,3,5H2,1H3;2-4H,5H2,1H3;1H4. The minimum atomic E-state index is 0. The van der Waals surface area contributed by atoms with E-state index in [2.05, 4.69) is 63.3 Å². The molecule has 0 amide bonds. The van der Waals surface area contributed by atoms with E-state index in [9.17, 15) is 0 Å². The normalized spacial score (nSPS) is 18.1. The lowest BCUT2D eigenvalue weighted by molar-refractivity contribution is 0.701. The average Bonchev–Trinajstić information content (AvgIpc) is 3.05. The van der Waals surface area contributed by atoms with E-state index in [1.54, 1.807) is 0 Å². The van der Waals surface area contributed by atoms with Gasteiger partial charge in [0.1, 0.15) is 0 Å². The molecule has 0 spiro atoms. The van der Waals surface area contributed by atoms with Gasteiger partial charge in [-0.15, -0.1) is 0 Å². The molecule has 0 bridgehead atoms. The Morgan fingerprint density at radius 2 is 1.70 bits per heavy atom. The van der Waals surface area contributed by atoms with Crippen LogP contribution in [0.15, 0.2) is 66.3 Å². The minimum absolute atomic E-state index is 0. The van der Waals surface area contributed by atoms with Crippen molar-refractivity contribution in [2.45, 2.75) is 47.5 Å². The van der Waals surface area contributed by atoms with Crippen LogP contribution >= 0.6 is 0 Å². The van der Waals surface area contributed by atoms with Crippen molar-refractivity contribution in [2.75, 3.05) is 0 Å². The molecule has 0 aromatic heterocycles. The van der Waals surface area contributed by atoms with E-state index in [0.29, 0.717) is 0 Å². The van der Waals surface area contributed by atoms with Crippen LogP contribution in [0.25, 0.3) is 0 Å². The molecule has 1 aromatic rings. The summed E-state index contributed by atoms with van der Waals surface area (Å²) in [6.07, 6.45) is 14.8. The predicted molar refractivity (Wildman–Crippen MR) is 93.0 cm³/mol. The van der Waals surface area contributed by atoms with Crippen molar-refractivity contribution in [1.82, 2.24) is 0 Å². The molecular weight excluding hydrogens is 240 g/mol. The Bertz CT molecular complexity index is 421. The maximum atomic E-state index is 2.28. The number of benzene rings is 1. The molecule has 0 saturated heterocycles. The molecule has 1 aromatic carbocycles. The zero-order valence-electron chi connectivity index (χ0n) is 12.5. The second kappa shape index (κ2) is 11.3. The largest absolute Gasteiger partial charge is 0.0882 e. The van der Waals surface area contributed by atoms with Crippen LogP contribution in [0, 0.1) is 12.8 Å². The van der Waals surface area contributed by atoms with Crippen LogP contribution in [-0.2, 0) is 0 Å². The first-order valence-corrected chi connectivity index (χ1v) is 7.19. The van der Waals surface area contributed by atoms with Crippen molar-refractivity contribution in [1.29, 1.82) is 0 Å². The topological polar surface area (TPSA) is 0 Å². The zero-order chi connectivity index (χ0) is 13.9. The lowest BCUT2D eigenvalue weighted by Crippen LogP contribution is -1.76. The summed E-state index contributed by atoms with van der Waals surface area (Å²) in [5, 5.41) is 0. The van der Waals surface area contributed by atoms with Gasteiger partial charge >= 0.3 is 0 Å². The maximum Gasteiger partial charge on any atom is -0.0135 e. The highest BCUT2D eigenvalue weighted by molar-refractivity contribution is 5.20. The third kappa shape index (κ3) is 9.38. The van der Waals surface area contributed by atoms with Crippen molar-refractivity contribution in [2.24, 2.45) is 5.92 Å². The molecule has 0 nitrogen and oxygen atoms in total. The molecule has 1 unspecified atom stereocenters. The first kappa shape index (κ1) is 18.4. The summed E-state index contributed by atoms with van der Waals surface area (Å²) in [4.78, 5) is 0. The Labute approximate surface area is 125 Å². The Morgan fingerprint density at radius 3 is 1.90 bits per heavy atom. The maximum absolute atomic E-state index is 2.28. The molecule has 0 heteroatoms. The fourth-order valence-electron chi connectivity index (χ4n) is 1.87. The third-order valence-corrected chi connectivity index (χ3v) is 3.15. The quantitative estimate of drug-likeness (QED) is 0.472. The van der Waals surface area contributed by atoms with Gasteiger partial charge in [0, 0.05) is 0 Å². The Morgan fingerprint density at radius 1 is 1.00 bits per heavy atom. The van der Waals surface area contributed by atoms with E-state index in [1.165, 1.54) is 30.4 Å². The third-order valence-electron chi connectivity index (χ3n) is 3.15. The predicted octanol–water partition coefficient (Wildman–Crippen LogP) is 6.50. The van der Waals surface area contributed by atoms with Crippen molar-refractivity contribution < 1.29 is 0 Å². The Hall–Kier alpha value is -1.56. The highest BCUT2D eigenvalue weighted by Gasteiger charge is 1.98. The number of hydrogen-bond donors (Lipinski definition) is 0. The van der Waals surface area contributed by atoms with Crippen LogP contribution in [0.3, 0.4) is 0 Å². The Kier molecular flexibility index (Phi) is 10.4. The van der Waals surface area contributed by atoms with Gasteiger partial charge in [-0.05, 0) is 39.0 Å². The Balaban J connectivity index is 0.000000265. The first-order chi connectivity index (χ1) is 9.18. The smallest absolute Gasteiger partial charge is 0.0135 e. The second-order valence-electron chi connectivity index (χ2n) is 5.28. The molecule has 2 aliphatic rings. The lowest BCUT2D eigenvalue weighted by atomic mass is 10.2. The summed E-state index contributed by atoms with van der Waals surface area (Å²) < 4.78 is 0. The number of allylic oxidation sites excluding steroid dienone is 6. The van der Waals surface area contributed by atoms with E-state index in [-0.39, 0.29) is 7.43 Å². The molecule has 0 radical (unpaired) electrons. The summed E-state index contributed by atoms with van der Waals surface area (Å²) in [7, 11) is 0. The molecule has 1 atom stereocenters. The van der Waals surface area contributed by atoms with E-state index < -0.39 is 0 Å². The van der Waals surface area contributed by atoms with Gasteiger partial charge in [-0.2, -0.15) is 0 Å². The van der Waals surface area contributed by atoms with Gasteiger partial charge in [-0.3, -0.25) is 0 Å². The van der Waals surface area contributed by atoms with Gasteiger partial charge in [0.15, 0.2) is 0 Å². The van der Waals surface area contributed by atoms with Crippen molar-refractivity contribution in [3.8, 4) is 0 Å². The minimum Gasteiger partial charge on any atom is -0.0882 e. The molecule has 3 rings (SSSR count). The van der Waals surface area contributed by atoms with E-state index in [0.717, 1.165) is 5.92 Å². The molecule has 110 valence electrons. The van der Waals surface area contributed by atoms with Crippen molar-refractivity contribution >= 4 is 0 Å². The summed E-state index contributed by atoms with van der Waals surface area (Å²) in [5.74, 6) is 0.866. The van der Waals surface area contributed by atoms with Crippen LogP contribution < -0.4 is 0 Å². The highest BCUT2D eigenvalue weighted by atomic mass is 14.0. The summed E-state index contributed by atoms with van der Waals surface area (Å²) in [6, 6.07) is 10.3. The number of hydrogen-bond acceptors (Lipinski definition) is 0. The molecule has 20 heavy (non-hydrogen) atoms. The van der Waals surface area contributed by atoms with Gasteiger partial charge < -0.3 is 0 Å².